The minimum atomic E-state index is -0.0919. The van der Waals surface area contributed by atoms with Crippen molar-refractivity contribution in [2.45, 2.75) is 39.2 Å². The molecule has 0 atom stereocenters. The van der Waals surface area contributed by atoms with E-state index in [1.807, 2.05) is 13.8 Å². The maximum atomic E-state index is 10.8. The van der Waals surface area contributed by atoms with Gasteiger partial charge in [-0.1, -0.05) is 0 Å². The van der Waals surface area contributed by atoms with Crippen molar-refractivity contribution in [2.75, 3.05) is 26.7 Å². The first kappa shape index (κ1) is 15.3. The van der Waals surface area contributed by atoms with Crippen molar-refractivity contribution >= 4 is 5.91 Å². The fraction of sp³-hybridized carbons (Fsp3) is 0.909. The Kier molecular flexibility index (Phi) is 9.18. The lowest BCUT2D eigenvalue weighted by atomic mass is 10.2. The molecule has 0 heterocycles. The third-order valence-electron chi connectivity index (χ3n) is 2.28. The highest BCUT2D eigenvalue weighted by Gasteiger charge is 2.01. The lowest BCUT2D eigenvalue weighted by Gasteiger charge is -2.17. The van der Waals surface area contributed by atoms with E-state index in [4.69, 9.17) is 10.6 Å². The number of rotatable bonds is 9. The van der Waals surface area contributed by atoms with Gasteiger partial charge in [-0.2, -0.15) is 0 Å². The Morgan fingerprint density at radius 1 is 1.38 bits per heavy atom. The van der Waals surface area contributed by atoms with Gasteiger partial charge in [0.05, 0.1) is 12.7 Å². The Balaban J connectivity index is 3.30. The minimum Gasteiger partial charge on any atom is -0.377 e. The Morgan fingerprint density at radius 2 is 2.06 bits per heavy atom. The maximum absolute atomic E-state index is 10.8. The number of unbranched alkanes of at least 4 members (excludes halogenated alkanes) is 1. The summed E-state index contributed by atoms with van der Waals surface area (Å²) in [6, 6.07) is 0. The van der Waals surface area contributed by atoms with Crippen LogP contribution in [0.2, 0.25) is 0 Å². The van der Waals surface area contributed by atoms with Crippen LogP contribution in [0, 0.1) is 0 Å². The van der Waals surface area contributed by atoms with Gasteiger partial charge in [0.25, 0.3) is 0 Å². The largest absolute Gasteiger partial charge is 0.377 e. The molecule has 0 aliphatic carbocycles. The molecule has 5 nitrogen and oxygen atoms in total. The van der Waals surface area contributed by atoms with Gasteiger partial charge in [0.2, 0.25) is 5.91 Å². The molecule has 0 saturated carbocycles. The van der Waals surface area contributed by atoms with E-state index in [1.165, 1.54) is 0 Å². The third-order valence-corrected chi connectivity index (χ3v) is 2.28. The summed E-state index contributed by atoms with van der Waals surface area (Å²) in [5.41, 5.74) is 2.13. The molecule has 0 unspecified atom stereocenters. The van der Waals surface area contributed by atoms with Gasteiger partial charge >= 0.3 is 0 Å². The average Bonchev–Trinajstić information content (AvgIpc) is 2.23. The summed E-state index contributed by atoms with van der Waals surface area (Å²) in [6.07, 6.45) is 2.68. The Labute approximate surface area is 98.3 Å². The number of carbonyl (C=O) groups excluding carboxylic acids is 1. The Hall–Kier alpha value is -0.650. The molecule has 5 heteroatoms. The minimum absolute atomic E-state index is 0.0919. The molecule has 0 aromatic heterocycles. The number of hydrogen-bond donors (Lipinski definition) is 2. The van der Waals surface area contributed by atoms with Crippen LogP contribution >= 0.6 is 0 Å². The number of nitrogens with zero attached hydrogens (tertiary/aromatic N) is 1. The van der Waals surface area contributed by atoms with Crippen molar-refractivity contribution in [3.05, 3.63) is 0 Å². The van der Waals surface area contributed by atoms with Crippen LogP contribution in [-0.4, -0.2) is 43.7 Å². The van der Waals surface area contributed by atoms with Gasteiger partial charge in [0, 0.05) is 13.0 Å². The molecule has 0 aliphatic heterocycles. The van der Waals surface area contributed by atoms with E-state index in [-0.39, 0.29) is 5.91 Å². The van der Waals surface area contributed by atoms with Crippen molar-refractivity contribution in [2.24, 2.45) is 5.84 Å². The van der Waals surface area contributed by atoms with E-state index < -0.39 is 0 Å². The summed E-state index contributed by atoms with van der Waals surface area (Å²) in [5, 5.41) is 0. The van der Waals surface area contributed by atoms with Crippen LogP contribution in [0.15, 0.2) is 0 Å². The zero-order valence-corrected chi connectivity index (χ0v) is 10.7. The summed E-state index contributed by atoms with van der Waals surface area (Å²) in [5.74, 6) is 4.89. The second kappa shape index (κ2) is 9.57. The molecule has 0 bridgehead atoms. The predicted octanol–water partition coefficient (Wildman–Crippen LogP) is 0.503. The van der Waals surface area contributed by atoms with E-state index in [0.29, 0.717) is 12.5 Å². The van der Waals surface area contributed by atoms with Gasteiger partial charge in [0.15, 0.2) is 0 Å². The molecule has 16 heavy (non-hydrogen) atoms. The zero-order valence-electron chi connectivity index (χ0n) is 10.7. The van der Waals surface area contributed by atoms with Gasteiger partial charge in [-0.15, -0.1) is 0 Å². The molecule has 96 valence electrons. The van der Waals surface area contributed by atoms with Crippen molar-refractivity contribution in [1.82, 2.24) is 10.3 Å². The molecule has 0 saturated heterocycles. The highest BCUT2D eigenvalue weighted by molar-refractivity contribution is 5.74. The van der Waals surface area contributed by atoms with Gasteiger partial charge < -0.3 is 9.64 Å². The van der Waals surface area contributed by atoms with Crippen molar-refractivity contribution in [1.29, 1.82) is 0 Å². The lowest BCUT2D eigenvalue weighted by Crippen LogP contribution is -2.30. The number of carbonyl (C=O) groups is 1. The normalized spacial score (nSPS) is 11.1. The fourth-order valence-electron chi connectivity index (χ4n) is 1.30. The molecule has 0 rings (SSSR count). The number of likely N-dealkylation sites (N-methyl/N-ethyl adjacent to an activating group) is 1. The molecular formula is C11H25N3O2. The monoisotopic (exact) mass is 231 g/mol. The van der Waals surface area contributed by atoms with E-state index in [2.05, 4.69) is 17.4 Å². The highest BCUT2D eigenvalue weighted by atomic mass is 16.5. The van der Waals surface area contributed by atoms with Gasteiger partial charge in [0.1, 0.15) is 0 Å². The molecule has 3 N–H and O–H groups in total. The number of hydrazine groups is 1. The number of ether oxygens (including phenoxy) is 1. The molecule has 0 spiro atoms. The number of nitrogens with one attached hydrogen (secondary N) is 1. The number of nitrogens with two attached hydrogens (primary N) is 1. The molecule has 1 amide bonds. The smallest absolute Gasteiger partial charge is 0.233 e. The quantitative estimate of drug-likeness (QED) is 0.262. The SMILES string of the molecule is CC(C)OCCN(C)CCCCC(=O)NN. The molecule has 0 aromatic rings. The van der Waals surface area contributed by atoms with Crippen LogP contribution < -0.4 is 11.3 Å². The van der Waals surface area contributed by atoms with Crippen molar-refractivity contribution in [3.8, 4) is 0 Å². The summed E-state index contributed by atoms with van der Waals surface area (Å²) >= 11 is 0. The first-order chi connectivity index (χ1) is 7.56. The van der Waals surface area contributed by atoms with E-state index >= 15 is 0 Å². The first-order valence-corrected chi connectivity index (χ1v) is 5.86. The van der Waals surface area contributed by atoms with Crippen LogP contribution in [0.1, 0.15) is 33.1 Å². The van der Waals surface area contributed by atoms with E-state index in [0.717, 1.165) is 32.5 Å². The Bertz CT molecular complexity index is 186. The van der Waals surface area contributed by atoms with Crippen LogP contribution in [0.4, 0.5) is 0 Å². The van der Waals surface area contributed by atoms with Crippen LogP contribution in [0.5, 0.6) is 0 Å². The predicted molar refractivity (Wildman–Crippen MR) is 64.8 cm³/mol. The van der Waals surface area contributed by atoms with Crippen molar-refractivity contribution < 1.29 is 9.53 Å². The molecule has 0 radical (unpaired) electrons. The lowest BCUT2D eigenvalue weighted by molar-refractivity contribution is -0.121. The summed E-state index contributed by atoms with van der Waals surface area (Å²) in [7, 11) is 2.06. The number of amides is 1. The van der Waals surface area contributed by atoms with Crippen LogP contribution in [0.3, 0.4) is 0 Å². The zero-order chi connectivity index (χ0) is 12.4. The maximum Gasteiger partial charge on any atom is 0.233 e. The van der Waals surface area contributed by atoms with E-state index in [9.17, 15) is 4.79 Å². The summed E-state index contributed by atoms with van der Waals surface area (Å²) < 4.78 is 5.45. The average molecular weight is 231 g/mol. The Morgan fingerprint density at radius 3 is 2.62 bits per heavy atom. The summed E-state index contributed by atoms with van der Waals surface area (Å²) in [6.45, 7) is 6.74. The molecule has 0 fully saturated rings. The number of hydrogen-bond acceptors (Lipinski definition) is 4. The van der Waals surface area contributed by atoms with Crippen LogP contribution in [-0.2, 0) is 9.53 Å². The van der Waals surface area contributed by atoms with E-state index in [1.54, 1.807) is 0 Å². The second-order valence-electron chi connectivity index (χ2n) is 4.25. The summed E-state index contributed by atoms with van der Waals surface area (Å²) in [4.78, 5) is 13.0. The second-order valence-corrected chi connectivity index (χ2v) is 4.25. The highest BCUT2D eigenvalue weighted by Crippen LogP contribution is 1.97. The topological polar surface area (TPSA) is 67.6 Å². The van der Waals surface area contributed by atoms with Gasteiger partial charge in [-0.25, -0.2) is 5.84 Å². The van der Waals surface area contributed by atoms with Crippen molar-refractivity contribution in [3.63, 3.8) is 0 Å². The first-order valence-electron chi connectivity index (χ1n) is 5.86. The molecule has 0 aliphatic rings. The molecular weight excluding hydrogens is 206 g/mol. The fourth-order valence-corrected chi connectivity index (χ4v) is 1.30. The standard InChI is InChI=1S/C11H25N3O2/c1-10(2)16-9-8-14(3)7-5-4-6-11(15)13-12/h10H,4-9,12H2,1-3H3,(H,13,15). The molecule has 0 aromatic carbocycles. The van der Waals surface area contributed by atoms with Gasteiger partial charge in [-0.3, -0.25) is 10.2 Å². The van der Waals surface area contributed by atoms with Crippen LogP contribution in [0.25, 0.3) is 0 Å². The third kappa shape index (κ3) is 9.89. The van der Waals surface area contributed by atoms with Gasteiger partial charge in [-0.05, 0) is 40.3 Å².